The van der Waals surface area contributed by atoms with Crippen molar-refractivity contribution in [3.05, 3.63) is 0 Å². The van der Waals surface area contributed by atoms with E-state index in [2.05, 4.69) is 45.0 Å². The number of hydrogen-bond acceptors (Lipinski definition) is 3. The first-order valence-electron chi connectivity index (χ1n) is 7.34. The molecule has 0 aliphatic heterocycles. The van der Waals surface area contributed by atoms with Gasteiger partial charge in [-0.3, -0.25) is 0 Å². The molecule has 3 heteroatoms. The average molecular weight is 256 g/mol. The molecule has 1 rings (SSSR count). The van der Waals surface area contributed by atoms with Crippen molar-refractivity contribution in [2.45, 2.75) is 65.0 Å². The average Bonchev–Trinajstić information content (AvgIpc) is 2.73. The van der Waals surface area contributed by atoms with Gasteiger partial charge in [0.1, 0.15) is 0 Å². The minimum Gasteiger partial charge on any atom is -0.395 e. The van der Waals surface area contributed by atoms with Crippen LogP contribution in [0.2, 0.25) is 0 Å². The van der Waals surface area contributed by atoms with Gasteiger partial charge >= 0.3 is 0 Å². The highest BCUT2D eigenvalue weighted by Crippen LogP contribution is 2.38. The van der Waals surface area contributed by atoms with Crippen LogP contribution in [0.1, 0.15) is 53.4 Å². The molecule has 18 heavy (non-hydrogen) atoms. The first-order chi connectivity index (χ1) is 8.28. The second-order valence-electron chi connectivity index (χ2n) is 7.26. The van der Waals surface area contributed by atoms with Crippen LogP contribution in [0.25, 0.3) is 0 Å². The zero-order valence-corrected chi connectivity index (χ0v) is 12.9. The van der Waals surface area contributed by atoms with Crippen molar-refractivity contribution in [1.29, 1.82) is 0 Å². The molecule has 0 aromatic heterocycles. The van der Waals surface area contributed by atoms with Gasteiger partial charge in [0.15, 0.2) is 0 Å². The van der Waals surface area contributed by atoms with E-state index in [1.807, 2.05) is 0 Å². The second kappa shape index (κ2) is 6.36. The Morgan fingerprint density at radius 1 is 1.28 bits per heavy atom. The number of aliphatic hydroxyl groups is 1. The molecule has 0 aromatic carbocycles. The van der Waals surface area contributed by atoms with E-state index in [1.54, 1.807) is 0 Å². The van der Waals surface area contributed by atoms with Crippen LogP contribution in [-0.2, 0) is 0 Å². The third-order valence-corrected chi connectivity index (χ3v) is 4.26. The summed E-state index contributed by atoms with van der Waals surface area (Å²) in [5.41, 5.74) is 0.599. The van der Waals surface area contributed by atoms with E-state index in [0.29, 0.717) is 5.41 Å². The summed E-state index contributed by atoms with van der Waals surface area (Å²) in [7, 11) is 2.14. The summed E-state index contributed by atoms with van der Waals surface area (Å²) in [6.45, 7) is 11.2. The maximum absolute atomic E-state index is 9.26. The lowest BCUT2D eigenvalue weighted by Gasteiger charge is -2.38. The van der Waals surface area contributed by atoms with E-state index in [1.165, 1.54) is 25.7 Å². The van der Waals surface area contributed by atoms with Gasteiger partial charge in [0.05, 0.1) is 6.61 Å². The fourth-order valence-electron chi connectivity index (χ4n) is 2.79. The Bertz CT molecular complexity index is 241. The van der Waals surface area contributed by atoms with Crippen molar-refractivity contribution in [3.63, 3.8) is 0 Å². The number of aliphatic hydroxyl groups excluding tert-OH is 1. The molecule has 108 valence electrons. The Kier molecular flexibility index (Phi) is 5.63. The quantitative estimate of drug-likeness (QED) is 0.765. The molecule has 1 fully saturated rings. The lowest BCUT2D eigenvalue weighted by Crippen LogP contribution is -2.49. The van der Waals surface area contributed by atoms with Crippen molar-refractivity contribution in [2.75, 3.05) is 26.7 Å². The zero-order valence-electron chi connectivity index (χ0n) is 12.9. The van der Waals surface area contributed by atoms with E-state index in [4.69, 9.17) is 0 Å². The van der Waals surface area contributed by atoms with Crippen molar-refractivity contribution in [2.24, 2.45) is 5.41 Å². The minimum atomic E-state index is 0.191. The number of nitrogens with zero attached hydrogens (tertiary/aromatic N) is 1. The van der Waals surface area contributed by atoms with Crippen molar-refractivity contribution in [1.82, 2.24) is 10.2 Å². The summed E-state index contributed by atoms with van der Waals surface area (Å²) in [6.07, 6.45) is 5.34. The smallest absolute Gasteiger partial charge is 0.0584 e. The van der Waals surface area contributed by atoms with Gasteiger partial charge in [-0.25, -0.2) is 0 Å². The number of nitrogens with one attached hydrogen (secondary N) is 1. The van der Waals surface area contributed by atoms with Crippen LogP contribution in [0.15, 0.2) is 0 Å². The monoisotopic (exact) mass is 256 g/mol. The highest BCUT2D eigenvalue weighted by Gasteiger charge is 2.36. The Balaban J connectivity index is 2.58. The predicted molar refractivity (Wildman–Crippen MR) is 77.8 cm³/mol. The molecule has 1 aliphatic rings. The SMILES string of the molecule is CC(CO)N(C)CC1(CNC(C)(C)C)CCCC1. The fraction of sp³-hybridized carbons (Fsp3) is 1.00. The highest BCUT2D eigenvalue weighted by molar-refractivity contribution is 4.91. The molecular formula is C15H32N2O. The maximum atomic E-state index is 9.26. The second-order valence-corrected chi connectivity index (χ2v) is 7.26. The Hall–Kier alpha value is -0.120. The van der Waals surface area contributed by atoms with Gasteiger partial charge in [0.2, 0.25) is 0 Å². The Morgan fingerprint density at radius 3 is 2.28 bits per heavy atom. The van der Waals surface area contributed by atoms with Crippen molar-refractivity contribution >= 4 is 0 Å². The van der Waals surface area contributed by atoms with E-state index >= 15 is 0 Å². The van der Waals surface area contributed by atoms with Crippen LogP contribution in [0.5, 0.6) is 0 Å². The van der Waals surface area contributed by atoms with E-state index < -0.39 is 0 Å². The van der Waals surface area contributed by atoms with Crippen LogP contribution < -0.4 is 5.32 Å². The van der Waals surface area contributed by atoms with Crippen LogP contribution in [-0.4, -0.2) is 48.3 Å². The third kappa shape index (κ3) is 4.87. The molecule has 0 saturated heterocycles. The summed E-state index contributed by atoms with van der Waals surface area (Å²) in [5.74, 6) is 0. The molecule has 1 aliphatic carbocycles. The standard InChI is InChI=1S/C15H32N2O/c1-13(10-18)17(5)12-15(8-6-7-9-15)11-16-14(2,3)4/h13,16,18H,6-12H2,1-5H3. The van der Waals surface area contributed by atoms with Gasteiger partial charge in [0, 0.05) is 24.7 Å². The molecule has 0 radical (unpaired) electrons. The van der Waals surface area contributed by atoms with Gasteiger partial charge in [-0.1, -0.05) is 12.8 Å². The number of rotatable bonds is 6. The molecule has 0 aromatic rings. The molecule has 0 bridgehead atoms. The van der Waals surface area contributed by atoms with E-state index in [0.717, 1.165) is 13.1 Å². The summed E-state index contributed by atoms with van der Waals surface area (Å²) < 4.78 is 0. The van der Waals surface area contributed by atoms with E-state index in [-0.39, 0.29) is 18.2 Å². The first kappa shape index (κ1) is 15.9. The van der Waals surface area contributed by atoms with Crippen LogP contribution in [0.3, 0.4) is 0 Å². The van der Waals surface area contributed by atoms with E-state index in [9.17, 15) is 5.11 Å². The molecular weight excluding hydrogens is 224 g/mol. The normalized spacial score (nSPS) is 21.5. The molecule has 2 N–H and O–H groups in total. The number of hydrogen-bond donors (Lipinski definition) is 2. The molecule has 0 spiro atoms. The third-order valence-electron chi connectivity index (χ3n) is 4.26. The first-order valence-corrected chi connectivity index (χ1v) is 7.34. The largest absolute Gasteiger partial charge is 0.395 e. The van der Waals surface area contributed by atoms with Crippen LogP contribution >= 0.6 is 0 Å². The molecule has 1 saturated carbocycles. The lowest BCUT2D eigenvalue weighted by atomic mass is 9.84. The summed E-state index contributed by atoms with van der Waals surface area (Å²) >= 11 is 0. The minimum absolute atomic E-state index is 0.191. The Morgan fingerprint density at radius 2 is 1.83 bits per heavy atom. The highest BCUT2D eigenvalue weighted by atomic mass is 16.3. The fourth-order valence-corrected chi connectivity index (χ4v) is 2.79. The predicted octanol–water partition coefficient (Wildman–Crippen LogP) is 2.25. The molecule has 0 heterocycles. The topological polar surface area (TPSA) is 35.5 Å². The van der Waals surface area contributed by atoms with Gasteiger partial charge in [-0.15, -0.1) is 0 Å². The van der Waals surface area contributed by atoms with Gasteiger partial charge in [-0.05, 0) is 53.0 Å². The van der Waals surface area contributed by atoms with Gasteiger partial charge in [0.25, 0.3) is 0 Å². The summed E-state index contributed by atoms with van der Waals surface area (Å²) in [5, 5.41) is 12.9. The van der Waals surface area contributed by atoms with Gasteiger partial charge < -0.3 is 15.3 Å². The van der Waals surface area contributed by atoms with Crippen molar-refractivity contribution in [3.8, 4) is 0 Å². The number of likely N-dealkylation sites (N-methyl/N-ethyl adjacent to an activating group) is 1. The molecule has 1 atom stereocenters. The van der Waals surface area contributed by atoms with Crippen LogP contribution in [0, 0.1) is 5.41 Å². The summed E-state index contributed by atoms with van der Waals surface area (Å²) in [4.78, 5) is 2.32. The summed E-state index contributed by atoms with van der Waals surface area (Å²) in [6, 6.07) is 0.261. The van der Waals surface area contributed by atoms with Crippen molar-refractivity contribution < 1.29 is 5.11 Å². The van der Waals surface area contributed by atoms with Crippen LogP contribution in [0.4, 0.5) is 0 Å². The molecule has 3 nitrogen and oxygen atoms in total. The molecule has 0 amide bonds. The maximum Gasteiger partial charge on any atom is 0.0584 e. The lowest BCUT2D eigenvalue weighted by molar-refractivity contribution is 0.0993. The zero-order chi connectivity index (χ0) is 13.8. The van der Waals surface area contributed by atoms with Gasteiger partial charge in [-0.2, -0.15) is 0 Å². The molecule has 1 unspecified atom stereocenters. The Labute approximate surface area is 113 Å².